The molecule has 1 aliphatic rings. The van der Waals surface area contributed by atoms with Gasteiger partial charge in [-0.1, -0.05) is 41.4 Å². The molecule has 0 bridgehead atoms. The molecule has 10 heteroatoms. The highest BCUT2D eigenvalue weighted by atomic mass is 79.9. The number of ether oxygens (including phenoxy) is 1. The van der Waals surface area contributed by atoms with Crippen LogP contribution in [0.3, 0.4) is 0 Å². The van der Waals surface area contributed by atoms with Crippen molar-refractivity contribution in [2.45, 2.75) is 6.61 Å². The zero-order valence-corrected chi connectivity index (χ0v) is 23.3. The molecule has 0 aliphatic carbocycles. The molecule has 1 saturated heterocycles. The Morgan fingerprint density at radius 1 is 1.00 bits per heavy atom. The number of benzene rings is 3. The summed E-state index contributed by atoms with van der Waals surface area (Å²) >= 11 is 19.8. The number of rotatable bonds is 7. The number of hydrogen-bond donors (Lipinski definition) is 0. The van der Waals surface area contributed by atoms with Crippen LogP contribution in [0.2, 0.25) is 10.0 Å². The van der Waals surface area contributed by atoms with E-state index in [-0.39, 0.29) is 23.8 Å². The maximum Gasteiger partial charge on any atom is 0.293 e. The molecule has 0 spiro atoms. The summed E-state index contributed by atoms with van der Waals surface area (Å²) in [4.78, 5) is 39.0. The van der Waals surface area contributed by atoms with Crippen molar-refractivity contribution in [3.8, 4) is 5.75 Å². The molecule has 1 aliphatic heterocycles. The SMILES string of the molecule is O=C(CN1C(=O)S/C(=C/c2cc(Br)c(OCc3ccccc3Cl)c(Br)c2)C1=O)c1ccc(Cl)cc1. The number of thioether (sulfide) groups is 1. The molecule has 0 aromatic heterocycles. The van der Waals surface area contributed by atoms with Gasteiger partial charge in [-0.05, 0) is 97.7 Å². The van der Waals surface area contributed by atoms with Crippen LogP contribution < -0.4 is 4.74 Å². The lowest BCUT2D eigenvalue weighted by molar-refractivity contribution is -0.122. The summed E-state index contributed by atoms with van der Waals surface area (Å²) in [5.41, 5.74) is 1.89. The minimum atomic E-state index is -0.520. The van der Waals surface area contributed by atoms with Gasteiger partial charge in [0.05, 0.1) is 20.4 Å². The van der Waals surface area contributed by atoms with Gasteiger partial charge in [-0.3, -0.25) is 19.3 Å². The summed E-state index contributed by atoms with van der Waals surface area (Å²) in [5, 5.41) is 0.608. The summed E-state index contributed by atoms with van der Waals surface area (Å²) < 4.78 is 7.24. The fourth-order valence-corrected chi connectivity index (χ4v) is 5.83. The van der Waals surface area contributed by atoms with E-state index in [1.54, 1.807) is 48.5 Å². The summed E-state index contributed by atoms with van der Waals surface area (Å²) in [6.45, 7) is -0.0669. The standard InChI is InChI=1S/C25H15Br2Cl2NO4S/c26-18-9-14(10-19(27)23(18)34-13-16-3-1-2-4-20(16)29)11-22-24(32)30(25(33)35-22)12-21(31)15-5-7-17(28)8-6-15/h1-11H,12-13H2/b22-11+. The first kappa shape index (κ1) is 26.0. The molecule has 1 heterocycles. The minimum absolute atomic E-state index is 0.224. The zero-order valence-electron chi connectivity index (χ0n) is 17.8. The minimum Gasteiger partial charge on any atom is -0.486 e. The average Bonchev–Trinajstić information content (AvgIpc) is 3.07. The molecule has 0 atom stereocenters. The van der Waals surface area contributed by atoms with Crippen LogP contribution in [0.5, 0.6) is 5.75 Å². The van der Waals surface area contributed by atoms with Crippen molar-refractivity contribution >= 4 is 89.8 Å². The molecule has 1 fully saturated rings. The highest BCUT2D eigenvalue weighted by molar-refractivity contribution is 9.11. The third-order valence-electron chi connectivity index (χ3n) is 4.99. The van der Waals surface area contributed by atoms with E-state index in [0.717, 1.165) is 22.2 Å². The lowest BCUT2D eigenvalue weighted by atomic mass is 10.1. The fraction of sp³-hybridized carbons (Fsp3) is 0.0800. The van der Waals surface area contributed by atoms with E-state index in [9.17, 15) is 14.4 Å². The molecule has 0 radical (unpaired) electrons. The zero-order chi connectivity index (χ0) is 25.1. The van der Waals surface area contributed by atoms with Crippen LogP contribution in [0, 0.1) is 0 Å². The summed E-state index contributed by atoms with van der Waals surface area (Å²) in [7, 11) is 0. The van der Waals surface area contributed by atoms with Gasteiger partial charge in [-0.15, -0.1) is 0 Å². The molecular weight excluding hydrogens is 641 g/mol. The predicted molar refractivity (Wildman–Crippen MR) is 146 cm³/mol. The third kappa shape index (κ3) is 6.19. The van der Waals surface area contributed by atoms with Crippen LogP contribution in [0.25, 0.3) is 6.08 Å². The molecular formula is C25H15Br2Cl2NO4S. The Bertz CT molecular complexity index is 1340. The van der Waals surface area contributed by atoms with Gasteiger partial charge < -0.3 is 4.74 Å². The van der Waals surface area contributed by atoms with E-state index < -0.39 is 11.1 Å². The maximum absolute atomic E-state index is 12.9. The number of carbonyl (C=O) groups is 3. The molecule has 5 nitrogen and oxygen atoms in total. The van der Waals surface area contributed by atoms with Crippen LogP contribution in [-0.2, 0) is 11.4 Å². The Morgan fingerprint density at radius 3 is 2.31 bits per heavy atom. The fourth-order valence-electron chi connectivity index (χ4n) is 3.22. The van der Waals surface area contributed by atoms with E-state index in [4.69, 9.17) is 27.9 Å². The molecule has 2 amide bonds. The number of hydrogen-bond acceptors (Lipinski definition) is 5. The number of Topliss-reactive ketones (excluding diaryl/α,β-unsaturated/α-hetero) is 1. The first-order chi connectivity index (χ1) is 16.7. The third-order valence-corrected chi connectivity index (χ3v) is 7.70. The van der Waals surface area contributed by atoms with Crippen LogP contribution in [0.4, 0.5) is 4.79 Å². The monoisotopic (exact) mass is 653 g/mol. The highest BCUT2D eigenvalue weighted by Gasteiger charge is 2.36. The molecule has 3 aromatic carbocycles. The van der Waals surface area contributed by atoms with Gasteiger partial charge in [0, 0.05) is 21.2 Å². The smallest absolute Gasteiger partial charge is 0.293 e. The second-order valence-corrected chi connectivity index (χ2v) is 10.9. The van der Waals surface area contributed by atoms with E-state index in [1.807, 2.05) is 18.2 Å². The van der Waals surface area contributed by atoms with Gasteiger partial charge >= 0.3 is 0 Å². The normalized spacial score (nSPS) is 14.6. The van der Waals surface area contributed by atoms with Crippen molar-refractivity contribution in [2.75, 3.05) is 6.54 Å². The number of ketones is 1. The molecule has 0 saturated carbocycles. The lowest BCUT2D eigenvalue weighted by Crippen LogP contribution is -2.33. The Labute approximate surface area is 232 Å². The first-order valence-electron chi connectivity index (χ1n) is 10.1. The van der Waals surface area contributed by atoms with Gasteiger partial charge in [0.2, 0.25) is 0 Å². The largest absolute Gasteiger partial charge is 0.486 e. The first-order valence-corrected chi connectivity index (χ1v) is 13.3. The van der Waals surface area contributed by atoms with E-state index in [0.29, 0.717) is 35.9 Å². The summed E-state index contributed by atoms with van der Waals surface area (Å²) in [6.07, 6.45) is 1.60. The Morgan fingerprint density at radius 2 is 1.66 bits per heavy atom. The Balaban J connectivity index is 1.48. The molecule has 35 heavy (non-hydrogen) atoms. The van der Waals surface area contributed by atoms with Crippen LogP contribution in [0.15, 0.2) is 74.5 Å². The van der Waals surface area contributed by atoms with Crippen LogP contribution in [-0.4, -0.2) is 28.4 Å². The lowest BCUT2D eigenvalue weighted by Gasteiger charge is -2.12. The summed E-state index contributed by atoms with van der Waals surface area (Å²) in [6, 6.07) is 17.2. The average molecular weight is 656 g/mol. The predicted octanol–water partition coefficient (Wildman–Crippen LogP) is 8.02. The van der Waals surface area contributed by atoms with Crippen molar-refractivity contribution in [3.05, 3.63) is 101 Å². The van der Waals surface area contributed by atoms with Gasteiger partial charge in [-0.25, -0.2) is 0 Å². The number of imide groups is 1. The Hall–Kier alpha value is -2.10. The number of amides is 2. The highest BCUT2D eigenvalue weighted by Crippen LogP contribution is 2.38. The number of halogens is 4. The van der Waals surface area contributed by atoms with Gasteiger partial charge in [0.25, 0.3) is 11.1 Å². The van der Waals surface area contributed by atoms with Crippen molar-refractivity contribution in [2.24, 2.45) is 0 Å². The second kappa shape index (κ2) is 11.3. The Kier molecular flexibility index (Phi) is 8.39. The summed E-state index contributed by atoms with van der Waals surface area (Å²) in [5.74, 6) is -0.298. The van der Waals surface area contributed by atoms with Crippen molar-refractivity contribution in [1.82, 2.24) is 4.90 Å². The molecule has 3 aromatic rings. The van der Waals surface area contributed by atoms with Crippen LogP contribution >= 0.6 is 66.8 Å². The van der Waals surface area contributed by atoms with Crippen molar-refractivity contribution in [1.29, 1.82) is 0 Å². The number of nitrogens with zero attached hydrogens (tertiary/aromatic N) is 1. The molecule has 0 unspecified atom stereocenters. The van der Waals surface area contributed by atoms with E-state index in [1.165, 1.54) is 0 Å². The molecule has 4 rings (SSSR count). The topological polar surface area (TPSA) is 63.7 Å². The van der Waals surface area contributed by atoms with E-state index in [2.05, 4.69) is 31.9 Å². The van der Waals surface area contributed by atoms with Crippen LogP contribution in [0.1, 0.15) is 21.5 Å². The van der Waals surface area contributed by atoms with Gasteiger partial charge in [0.1, 0.15) is 12.4 Å². The van der Waals surface area contributed by atoms with Gasteiger partial charge in [-0.2, -0.15) is 0 Å². The van der Waals surface area contributed by atoms with Gasteiger partial charge in [0.15, 0.2) is 5.78 Å². The second-order valence-electron chi connectivity index (χ2n) is 7.39. The quantitative estimate of drug-likeness (QED) is 0.191. The van der Waals surface area contributed by atoms with Crippen molar-refractivity contribution in [3.63, 3.8) is 0 Å². The molecule has 0 N–H and O–H groups in total. The molecule has 178 valence electrons. The maximum atomic E-state index is 12.9. The number of carbonyl (C=O) groups excluding carboxylic acids is 3. The van der Waals surface area contributed by atoms with Crippen molar-refractivity contribution < 1.29 is 19.1 Å². The van der Waals surface area contributed by atoms with E-state index >= 15 is 0 Å².